The molecule has 8 heteroatoms. The molecule has 6 nitrogen and oxygen atoms in total. The monoisotopic (exact) mass is 481 g/mol. The number of rotatable bonds is 9. The van der Waals surface area contributed by atoms with Gasteiger partial charge in [-0.1, -0.05) is 18.2 Å². The van der Waals surface area contributed by atoms with Crippen LogP contribution >= 0.6 is 24.0 Å². The first-order valence-corrected chi connectivity index (χ1v) is 11.8. The van der Waals surface area contributed by atoms with Crippen LogP contribution in [-0.4, -0.2) is 30.0 Å². The Kier molecular flexibility index (Phi) is 8.97. The quantitative estimate of drug-likeness (QED) is 0.255. The zero-order valence-corrected chi connectivity index (χ0v) is 20.4. The highest BCUT2D eigenvalue weighted by molar-refractivity contribution is 8.00. The lowest BCUT2D eigenvalue weighted by Crippen LogP contribution is -2.22. The predicted octanol–water partition coefficient (Wildman–Crippen LogP) is 6.02. The molecule has 1 amide bonds. The Morgan fingerprint density at radius 1 is 0.970 bits per heavy atom. The summed E-state index contributed by atoms with van der Waals surface area (Å²) in [6, 6.07) is 22.7. The van der Waals surface area contributed by atoms with Crippen molar-refractivity contribution in [3.63, 3.8) is 0 Å². The number of carbonyl (C=O) groups excluding carboxylic acids is 1. The Morgan fingerprint density at radius 3 is 2.45 bits per heavy atom. The van der Waals surface area contributed by atoms with Crippen LogP contribution in [0.2, 0.25) is 0 Å². The van der Waals surface area contributed by atoms with Crippen LogP contribution in [0.25, 0.3) is 0 Å². The summed E-state index contributed by atoms with van der Waals surface area (Å²) in [6.07, 6.45) is 0. The van der Waals surface area contributed by atoms with Gasteiger partial charge in [-0.05, 0) is 80.7 Å². The molecule has 172 valence electrons. The smallest absolute Gasteiger partial charge is 0.237 e. The molecule has 0 aromatic heterocycles. The van der Waals surface area contributed by atoms with Gasteiger partial charge in [0.1, 0.15) is 11.5 Å². The lowest BCUT2D eigenvalue weighted by Gasteiger charge is -2.15. The lowest BCUT2D eigenvalue weighted by atomic mass is 10.3. The number of thiocarbonyl (C=S) groups is 1. The molecule has 0 bridgehead atoms. The van der Waals surface area contributed by atoms with Crippen molar-refractivity contribution in [2.24, 2.45) is 0 Å². The van der Waals surface area contributed by atoms with Gasteiger partial charge in [0.05, 0.1) is 24.7 Å². The third-order valence-corrected chi connectivity index (χ3v) is 5.86. The molecule has 3 aromatic carbocycles. The van der Waals surface area contributed by atoms with E-state index in [1.807, 2.05) is 86.6 Å². The first-order valence-electron chi connectivity index (χ1n) is 10.5. The fourth-order valence-corrected chi connectivity index (χ4v) is 4.14. The summed E-state index contributed by atoms with van der Waals surface area (Å²) in [7, 11) is 1.62. The highest BCUT2D eigenvalue weighted by atomic mass is 32.2. The minimum absolute atomic E-state index is 0.0733. The summed E-state index contributed by atoms with van der Waals surface area (Å²) in [5.74, 6) is 1.41. The molecule has 1 atom stereocenters. The van der Waals surface area contributed by atoms with Crippen LogP contribution in [0.3, 0.4) is 0 Å². The number of thioether (sulfide) groups is 1. The summed E-state index contributed by atoms with van der Waals surface area (Å²) in [5.41, 5.74) is 2.34. The maximum atomic E-state index is 12.6. The van der Waals surface area contributed by atoms with E-state index in [9.17, 15) is 4.79 Å². The highest BCUT2D eigenvalue weighted by Gasteiger charge is 2.15. The molecule has 0 spiro atoms. The molecule has 0 fully saturated rings. The minimum atomic E-state index is -0.287. The van der Waals surface area contributed by atoms with E-state index >= 15 is 0 Å². The van der Waals surface area contributed by atoms with E-state index in [-0.39, 0.29) is 11.2 Å². The molecule has 3 N–H and O–H groups in total. The fraction of sp³-hybridized carbons (Fsp3) is 0.200. The molecule has 33 heavy (non-hydrogen) atoms. The summed E-state index contributed by atoms with van der Waals surface area (Å²) in [4.78, 5) is 13.6. The minimum Gasteiger partial charge on any atom is -0.495 e. The number of anilines is 3. The van der Waals surface area contributed by atoms with Gasteiger partial charge in [-0.3, -0.25) is 4.79 Å². The van der Waals surface area contributed by atoms with Crippen LogP contribution in [-0.2, 0) is 4.79 Å². The molecule has 0 heterocycles. The van der Waals surface area contributed by atoms with Crippen molar-refractivity contribution in [2.75, 3.05) is 29.7 Å². The average Bonchev–Trinajstić information content (AvgIpc) is 2.81. The van der Waals surface area contributed by atoms with E-state index in [2.05, 4.69) is 16.0 Å². The van der Waals surface area contributed by atoms with E-state index in [0.717, 1.165) is 27.7 Å². The topological polar surface area (TPSA) is 71.6 Å². The van der Waals surface area contributed by atoms with Crippen LogP contribution in [0.5, 0.6) is 11.5 Å². The summed E-state index contributed by atoms with van der Waals surface area (Å²) < 4.78 is 10.8. The summed E-state index contributed by atoms with van der Waals surface area (Å²) in [5, 5.41) is 9.43. The fourth-order valence-electron chi connectivity index (χ4n) is 2.98. The van der Waals surface area contributed by atoms with Crippen molar-refractivity contribution in [3.05, 3.63) is 72.8 Å². The Labute approximate surface area is 204 Å². The molecule has 0 aliphatic rings. The van der Waals surface area contributed by atoms with Crippen molar-refractivity contribution < 1.29 is 14.3 Å². The predicted molar refractivity (Wildman–Crippen MR) is 141 cm³/mol. The second-order valence-corrected chi connectivity index (χ2v) is 8.84. The van der Waals surface area contributed by atoms with E-state index in [1.165, 1.54) is 11.8 Å². The molecule has 1 unspecified atom stereocenters. The SMILES string of the molecule is CCOc1ccc(NC(=O)C(C)Sc2cccc(NC(=S)Nc3ccccc3OC)c2)cc1. The number of hydrogen-bond donors (Lipinski definition) is 3. The molecular formula is C25H27N3O3S2. The number of ether oxygens (including phenoxy) is 2. The van der Waals surface area contributed by atoms with Crippen LogP contribution in [0, 0.1) is 0 Å². The first kappa shape index (κ1) is 24.4. The molecule has 0 radical (unpaired) electrons. The van der Waals surface area contributed by atoms with Crippen molar-refractivity contribution >= 4 is 52.1 Å². The molecule has 0 saturated heterocycles. The number of carbonyl (C=O) groups is 1. The van der Waals surface area contributed by atoms with Crippen molar-refractivity contribution in [1.29, 1.82) is 0 Å². The van der Waals surface area contributed by atoms with Crippen LogP contribution in [0.1, 0.15) is 13.8 Å². The Hall–Kier alpha value is -3.23. The van der Waals surface area contributed by atoms with Gasteiger partial charge in [-0.15, -0.1) is 11.8 Å². The Bertz CT molecular complexity index is 1090. The molecule has 0 aliphatic heterocycles. The number of para-hydroxylation sites is 2. The van der Waals surface area contributed by atoms with Gasteiger partial charge in [0.15, 0.2) is 5.11 Å². The summed E-state index contributed by atoms with van der Waals surface area (Å²) >= 11 is 6.91. The van der Waals surface area contributed by atoms with E-state index in [1.54, 1.807) is 7.11 Å². The van der Waals surface area contributed by atoms with Gasteiger partial charge in [-0.2, -0.15) is 0 Å². The van der Waals surface area contributed by atoms with Gasteiger partial charge >= 0.3 is 0 Å². The maximum absolute atomic E-state index is 12.6. The van der Waals surface area contributed by atoms with E-state index in [4.69, 9.17) is 21.7 Å². The Morgan fingerprint density at radius 2 is 1.73 bits per heavy atom. The highest BCUT2D eigenvalue weighted by Crippen LogP contribution is 2.28. The number of nitrogens with one attached hydrogen (secondary N) is 3. The van der Waals surface area contributed by atoms with E-state index in [0.29, 0.717) is 17.5 Å². The summed E-state index contributed by atoms with van der Waals surface area (Å²) in [6.45, 7) is 4.42. The molecule has 3 rings (SSSR count). The lowest BCUT2D eigenvalue weighted by molar-refractivity contribution is -0.115. The van der Waals surface area contributed by atoms with E-state index < -0.39 is 0 Å². The number of hydrogen-bond acceptors (Lipinski definition) is 5. The Balaban J connectivity index is 1.56. The molecule has 0 saturated carbocycles. The standard InChI is InChI=1S/C25H27N3O3S2/c1-4-31-20-14-12-18(13-15-20)26-24(29)17(2)33-21-9-7-8-19(16-21)27-25(32)28-22-10-5-6-11-23(22)30-3/h5-17H,4H2,1-3H3,(H,26,29)(H2,27,28,32). The number of methoxy groups -OCH3 is 1. The van der Waals surface area contributed by atoms with Crippen LogP contribution in [0.15, 0.2) is 77.7 Å². The van der Waals surface area contributed by atoms with Crippen molar-refractivity contribution in [3.8, 4) is 11.5 Å². The molecule has 0 aliphatic carbocycles. The van der Waals surface area contributed by atoms with Gasteiger partial charge in [-0.25, -0.2) is 0 Å². The zero-order chi connectivity index (χ0) is 23.6. The average molecular weight is 482 g/mol. The maximum Gasteiger partial charge on any atom is 0.237 e. The van der Waals surface area contributed by atoms with Gasteiger partial charge in [0.25, 0.3) is 0 Å². The molecular weight excluding hydrogens is 454 g/mol. The largest absolute Gasteiger partial charge is 0.495 e. The first-order chi connectivity index (χ1) is 16.0. The number of benzene rings is 3. The second-order valence-electron chi connectivity index (χ2n) is 7.01. The second kappa shape index (κ2) is 12.1. The third-order valence-electron chi connectivity index (χ3n) is 4.56. The third kappa shape index (κ3) is 7.40. The zero-order valence-electron chi connectivity index (χ0n) is 18.8. The van der Waals surface area contributed by atoms with Gasteiger partial charge in [0, 0.05) is 16.3 Å². The molecule has 3 aromatic rings. The van der Waals surface area contributed by atoms with Crippen molar-refractivity contribution in [1.82, 2.24) is 0 Å². The van der Waals surface area contributed by atoms with Crippen LogP contribution < -0.4 is 25.4 Å². The number of amides is 1. The van der Waals surface area contributed by atoms with Gasteiger partial charge < -0.3 is 25.4 Å². The van der Waals surface area contributed by atoms with Crippen LogP contribution in [0.4, 0.5) is 17.1 Å². The normalized spacial score (nSPS) is 11.2. The van der Waals surface area contributed by atoms with Crippen molar-refractivity contribution in [2.45, 2.75) is 24.0 Å². The van der Waals surface area contributed by atoms with Gasteiger partial charge in [0.2, 0.25) is 5.91 Å².